The molecular formula is C16H13F3N2O2. The van der Waals surface area contributed by atoms with Crippen LogP contribution >= 0.6 is 0 Å². The van der Waals surface area contributed by atoms with Gasteiger partial charge < -0.3 is 0 Å². The largest absolute Gasteiger partial charge is 0.416 e. The van der Waals surface area contributed by atoms with E-state index in [2.05, 4.69) is 10.9 Å². The standard InChI is InChI=1S/C16H13F3N2O2/c17-16(18,19)13-8-4-5-11(9-13)10-14(22)20-21-15(23)12-6-2-1-3-7-12/h1-9H,10H2,(H,20,22)(H,21,23). The van der Waals surface area contributed by atoms with Crippen LogP contribution in [0.4, 0.5) is 13.2 Å². The Bertz CT molecular complexity index is 700. The number of carbonyl (C=O) groups excluding carboxylic acids is 2. The lowest BCUT2D eigenvalue weighted by molar-refractivity contribution is -0.137. The maximum atomic E-state index is 12.6. The molecule has 0 aliphatic carbocycles. The van der Waals surface area contributed by atoms with Gasteiger partial charge in [-0.2, -0.15) is 13.2 Å². The van der Waals surface area contributed by atoms with Gasteiger partial charge >= 0.3 is 6.18 Å². The summed E-state index contributed by atoms with van der Waals surface area (Å²) < 4.78 is 37.8. The Labute approximate surface area is 130 Å². The van der Waals surface area contributed by atoms with Gasteiger partial charge in [-0.1, -0.05) is 36.4 Å². The summed E-state index contributed by atoms with van der Waals surface area (Å²) in [5.41, 5.74) is 4.10. The molecule has 0 saturated heterocycles. The molecule has 0 spiro atoms. The van der Waals surface area contributed by atoms with Crippen molar-refractivity contribution in [2.75, 3.05) is 0 Å². The highest BCUT2D eigenvalue weighted by Crippen LogP contribution is 2.29. The van der Waals surface area contributed by atoms with Gasteiger partial charge in [-0.15, -0.1) is 0 Å². The molecule has 0 aliphatic rings. The highest BCUT2D eigenvalue weighted by Gasteiger charge is 2.30. The first-order valence-corrected chi connectivity index (χ1v) is 6.66. The summed E-state index contributed by atoms with van der Waals surface area (Å²) in [6.45, 7) is 0. The zero-order valence-corrected chi connectivity index (χ0v) is 11.9. The molecule has 2 amide bonds. The number of hydrogen-bond acceptors (Lipinski definition) is 2. The van der Waals surface area contributed by atoms with Crippen LogP contribution in [0.15, 0.2) is 54.6 Å². The lowest BCUT2D eigenvalue weighted by Gasteiger charge is -2.10. The molecule has 0 aromatic heterocycles. The van der Waals surface area contributed by atoms with Crippen molar-refractivity contribution in [3.05, 3.63) is 71.3 Å². The fraction of sp³-hybridized carbons (Fsp3) is 0.125. The number of benzene rings is 2. The Hall–Kier alpha value is -2.83. The van der Waals surface area contributed by atoms with E-state index in [4.69, 9.17) is 0 Å². The molecule has 7 heteroatoms. The molecule has 2 aromatic carbocycles. The predicted octanol–water partition coefficient (Wildman–Crippen LogP) is 2.71. The summed E-state index contributed by atoms with van der Waals surface area (Å²) in [7, 11) is 0. The number of nitrogens with one attached hydrogen (secondary N) is 2. The molecule has 4 nitrogen and oxygen atoms in total. The monoisotopic (exact) mass is 322 g/mol. The van der Waals surface area contributed by atoms with Gasteiger partial charge in [0.15, 0.2) is 0 Å². The van der Waals surface area contributed by atoms with E-state index in [0.717, 1.165) is 12.1 Å². The van der Waals surface area contributed by atoms with Gasteiger partial charge in [-0.05, 0) is 23.8 Å². The third-order valence-electron chi connectivity index (χ3n) is 2.97. The molecule has 0 bridgehead atoms. The molecule has 23 heavy (non-hydrogen) atoms. The zero-order valence-electron chi connectivity index (χ0n) is 11.9. The predicted molar refractivity (Wildman–Crippen MR) is 77.2 cm³/mol. The molecular weight excluding hydrogens is 309 g/mol. The minimum Gasteiger partial charge on any atom is -0.273 e. The maximum absolute atomic E-state index is 12.6. The Balaban J connectivity index is 1.92. The summed E-state index contributed by atoms with van der Waals surface area (Å²) in [4.78, 5) is 23.4. The Morgan fingerprint density at radius 1 is 0.913 bits per heavy atom. The SMILES string of the molecule is O=C(Cc1cccc(C(F)(F)F)c1)NNC(=O)c1ccccc1. The second kappa shape index (κ2) is 6.95. The van der Waals surface area contributed by atoms with Gasteiger partial charge in [0.25, 0.3) is 5.91 Å². The second-order valence-electron chi connectivity index (χ2n) is 4.74. The number of alkyl halides is 3. The number of amides is 2. The van der Waals surface area contributed by atoms with Crippen LogP contribution in [-0.4, -0.2) is 11.8 Å². The van der Waals surface area contributed by atoms with Gasteiger partial charge in [-0.25, -0.2) is 0 Å². The van der Waals surface area contributed by atoms with Gasteiger partial charge in [-0.3, -0.25) is 20.4 Å². The van der Waals surface area contributed by atoms with Crippen LogP contribution in [0, 0.1) is 0 Å². The van der Waals surface area contributed by atoms with Crippen molar-refractivity contribution in [3.8, 4) is 0 Å². The molecule has 120 valence electrons. The molecule has 0 unspecified atom stereocenters. The van der Waals surface area contributed by atoms with Crippen LogP contribution in [0.2, 0.25) is 0 Å². The van der Waals surface area contributed by atoms with Gasteiger partial charge in [0.05, 0.1) is 12.0 Å². The molecule has 0 saturated carbocycles. The van der Waals surface area contributed by atoms with Crippen LogP contribution in [-0.2, 0) is 17.4 Å². The maximum Gasteiger partial charge on any atom is 0.416 e. The van der Waals surface area contributed by atoms with Crippen LogP contribution in [0.5, 0.6) is 0 Å². The highest BCUT2D eigenvalue weighted by molar-refractivity contribution is 5.95. The molecule has 0 aliphatic heterocycles. The van der Waals surface area contributed by atoms with Crippen molar-refractivity contribution in [2.45, 2.75) is 12.6 Å². The third-order valence-corrected chi connectivity index (χ3v) is 2.97. The van der Waals surface area contributed by atoms with Crippen molar-refractivity contribution in [2.24, 2.45) is 0 Å². The van der Waals surface area contributed by atoms with Crippen LogP contribution < -0.4 is 10.9 Å². The first-order valence-electron chi connectivity index (χ1n) is 6.66. The van der Waals surface area contributed by atoms with Crippen LogP contribution in [0.25, 0.3) is 0 Å². The van der Waals surface area contributed by atoms with Crippen molar-refractivity contribution in [1.29, 1.82) is 0 Å². The first kappa shape index (κ1) is 16.5. The minimum atomic E-state index is -4.46. The summed E-state index contributed by atoms with van der Waals surface area (Å²) in [5, 5.41) is 0. The number of hydrogen-bond donors (Lipinski definition) is 2. The van der Waals surface area contributed by atoms with Crippen molar-refractivity contribution in [1.82, 2.24) is 10.9 Å². The number of halogens is 3. The van der Waals surface area contributed by atoms with E-state index >= 15 is 0 Å². The molecule has 2 rings (SSSR count). The van der Waals surface area contributed by atoms with Crippen molar-refractivity contribution >= 4 is 11.8 Å². The van der Waals surface area contributed by atoms with Crippen molar-refractivity contribution in [3.63, 3.8) is 0 Å². The van der Waals surface area contributed by atoms with Gasteiger partial charge in [0.2, 0.25) is 5.91 Å². The summed E-state index contributed by atoms with van der Waals surface area (Å²) in [5.74, 6) is -1.13. The first-order chi connectivity index (χ1) is 10.9. The molecule has 0 heterocycles. The smallest absolute Gasteiger partial charge is 0.273 e. The Morgan fingerprint density at radius 3 is 2.26 bits per heavy atom. The van der Waals surface area contributed by atoms with Crippen LogP contribution in [0.3, 0.4) is 0 Å². The molecule has 0 fully saturated rings. The topological polar surface area (TPSA) is 58.2 Å². The fourth-order valence-corrected chi connectivity index (χ4v) is 1.88. The molecule has 0 atom stereocenters. The van der Waals surface area contributed by atoms with Crippen LogP contribution in [0.1, 0.15) is 21.5 Å². The van der Waals surface area contributed by atoms with E-state index in [1.807, 2.05) is 0 Å². The zero-order chi connectivity index (χ0) is 16.9. The molecule has 2 N–H and O–H groups in total. The fourth-order valence-electron chi connectivity index (χ4n) is 1.88. The quantitative estimate of drug-likeness (QED) is 0.854. The highest BCUT2D eigenvalue weighted by atomic mass is 19.4. The van der Waals surface area contributed by atoms with Gasteiger partial charge in [0, 0.05) is 5.56 Å². The van der Waals surface area contributed by atoms with Crippen molar-refractivity contribution < 1.29 is 22.8 Å². The normalized spacial score (nSPS) is 10.9. The van der Waals surface area contributed by atoms with E-state index in [9.17, 15) is 22.8 Å². The number of carbonyl (C=O) groups is 2. The van der Waals surface area contributed by atoms with Gasteiger partial charge in [0.1, 0.15) is 0 Å². The summed E-state index contributed by atoms with van der Waals surface area (Å²) in [6, 6.07) is 12.7. The van der Waals surface area contributed by atoms with E-state index in [0.29, 0.717) is 5.56 Å². The lowest BCUT2D eigenvalue weighted by Crippen LogP contribution is -2.42. The molecule has 2 aromatic rings. The summed E-state index contributed by atoms with van der Waals surface area (Å²) >= 11 is 0. The Morgan fingerprint density at radius 2 is 1.61 bits per heavy atom. The average molecular weight is 322 g/mol. The summed E-state index contributed by atoms with van der Waals surface area (Å²) in [6.07, 6.45) is -4.74. The average Bonchev–Trinajstić information content (AvgIpc) is 2.53. The Kier molecular flexibility index (Phi) is 5.00. The second-order valence-corrected chi connectivity index (χ2v) is 4.74. The lowest BCUT2D eigenvalue weighted by atomic mass is 10.1. The number of hydrazine groups is 1. The third kappa shape index (κ3) is 4.84. The van der Waals surface area contributed by atoms with E-state index in [1.165, 1.54) is 12.1 Å². The van der Waals surface area contributed by atoms with E-state index in [1.54, 1.807) is 30.3 Å². The molecule has 0 radical (unpaired) electrons. The number of rotatable bonds is 3. The van der Waals surface area contributed by atoms with E-state index in [-0.39, 0.29) is 12.0 Å². The van der Waals surface area contributed by atoms with E-state index < -0.39 is 23.6 Å². The minimum absolute atomic E-state index is 0.200.